The van der Waals surface area contributed by atoms with E-state index in [-0.39, 0.29) is 11.8 Å². The maximum atomic E-state index is 12.8. The van der Waals surface area contributed by atoms with Crippen LogP contribution < -0.4 is 19.5 Å². The molecule has 1 fully saturated rings. The molecular formula is C26H32N4O5. The maximum Gasteiger partial charge on any atom is 0.241 e. The number of ether oxygens (including phenoxy) is 3. The Morgan fingerprint density at radius 1 is 1.09 bits per heavy atom. The summed E-state index contributed by atoms with van der Waals surface area (Å²) in [6, 6.07) is 11.7. The molecule has 186 valence electrons. The number of methoxy groups -OCH3 is 3. The van der Waals surface area contributed by atoms with E-state index in [1.54, 1.807) is 21.3 Å². The zero-order valence-corrected chi connectivity index (χ0v) is 20.7. The zero-order chi connectivity index (χ0) is 24.8. The first-order valence-corrected chi connectivity index (χ1v) is 11.7. The van der Waals surface area contributed by atoms with E-state index in [1.165, 1.54) is 0 Å². The van der Waals surface area contributed by atoms with Gasteiger partial charge in [-0.25, -0.2) is 0 Å². The van der Waals surface area contributed by atoms with Gasteiger partial charge in [0.25, 0.3) is 0 Å². The van der Waals surface area contributed by atoms with Gasteiger partial charge >= 0.3 is 0 Å². The van der Waals surface area contributed by atoms with Crippen molar-refractivity contribution in [3.05, 3.63) is 53.4 Å². The van der Waals surface area contributed by atoms with Crippen LogP contribution in [-0.4, -0.2) is 55.4 Å². The number of nitrogens with zero attached hydrogens (tertiary/aromatic N) is 3. The summed E-state index contributed by atoms with van der Waals surface area (Å²) in [5.41, 5.74) is 2.97. The van der Waals surface area contributed by atoms with Crippen LogP contribution in [0.2, 0.25) is 0 Å². The van der Waals surface area contributed by atoms with E-state index in [2.05, 4.69) is 20.4 Å². The largest absolute Gasteiger partial charge is 0.493 e. The third-order valence-electron chi connectivity index (χ3n) is 6.36. The summed E-state index contributed by atoms with van der Waals surface area (Å²) in [7, 11) is 4.71. The maximum absolute atomic E-state index is 12.8. The lowest BCUT2D eigenvalue weighted by molar-refractivity contribution is -0.126. The first-order valence-electron chi connectivity index (χ1n) is 11.7. The van der Waals surface area contributed by atoms with Crippen LogP contribution in [0, 0.1) is 12.8 Å². The Balaban J connectivity index is 1.28. The highest BCUT2D eigenvalue weighted by Crippen LogP contribution is 2.38. The Kier molecular flexibility index (Phi) is 7.87. The van der Waals surface area contributed by atoms with Crippen molar-refractivity contribution in [3.8, 4) is 28.6 Å². The van der Waals surface area contributed by atoms with Gasteiger partial charge in [-0.1, -0.05) is 29.4 Å². The van der Waals surface area contributed by atoms with Crippen molar-refractivity contribution < 1.29 is 23.5 Å². The van der Waals surface area contributed by atoms with Crippen molar-refractivity contribution in [2.24, 2.45) is 5.92 Å². The van der Waals surface area contributed by atoms with Gasteiger partial charge in [0.1, 0.15) is 0 Å². The van der Waals surface area contributed by atoms with Crippen molar-refractivity contribution in [1.29, 1.82) is 0 Å². The average molecular weight is 481 g/mol. The number of nitrogens with one attached hydrogen (secondary N) is 1. The lowest BCUT2D eigenvalue weighted by atomic mass is 9.96. The molecule has 9 heteroatoms. The van der Waals surface area contributed by atoms with E-state index in [4.69, 9.17) is 18.7 Å². The van der Waals surface area contributed by atoms with Gasteiger partial charge in [0.15, 0.2) is 11.5 Å². The van der Waals surface area contributed by atoms with Crippen molar-refractivity contribution in [2.75, 3.05) is 34.4 Å². The molecule has 1 aliphatic rings. The van der Waals surface area contributed by atoms with Gasteiger partial charge in [-0.15, -0.1) is 0 Å². The van der Waals surface area contributed by atoms with E-state index in [0.717, 1.165) is 42.6 Å². The Morgan fingerprint density at radius 3 is 2.40 bits per heavy atom. The monoisotopic (exact) mass is 480 g/mol. The molecule has 0 atom stereocenters. The minimum absolute atomic E-state index is 0.0292. The topological polar surface area (TPSA) is 99.0 Å². The number of benzene rings is 2. The normalized spacial score (nSPS) is 14.5. The fourth-order valence-corrected chi connectivity index (χ4v) is 4.37. The molecule has 1 aromatic heterocycles. The number of aromatic nitrogens is 2. The molecule has 35 heavy (non-hydrogen) atoms. The second-order valence-electron chi connectivity index (χ2n) is 8.63. The second kappa shape index (κ2) is 11.2. The zero-order valence-electron chi connectivity index (χ0n) is 20.7. The summed E-state index contributed by atoms with van der Waals surface area (Å²) in [6.07, 6.45) is 1.56. The average Bonchev–Trinajstić information content (AvgIpc) is 3.35. The lowest BCUT2D eigenvalue weighted by Gasteiger charge is -2.30. The van der Waals surface area contributed by atoms with Gasteiger partial charge in [0.2, 0.25) is 23.4 Å². The number of hydrogen-bond donors (Lipinski definition) is 1. The van der Waals surface area contributed by atoms with Gasteiger partial charge in [-0.3, -0.25) is 9.69 Å². The predicted octanol–water partition coefficient (Wildman–Crippen LogP) is 3.60. The summed E-state index contributed by atoms with van der Waals surface area (Å²) in [6.45, 7) is 4.59. The quantitative estimate of drug-likeness (QED) is 0.496. The molecule has 0 bridgehead atoms. The van der Waals surface area contributed by atoms with Crippen molar-refractivity contribution in [2.45, 2.75) is 32.9 Å². The second-order valence-corrected chi connectivity index (χ2v) is 8.63. The molecule has 4 rings (SSSR count). The van der Waals surface area contributed by atoms with Crippen molar-refractivity contribution in [1.82, 2.24) is 20.4 Å². The van der Waals surface area contributed by atoms with Crippen LogP contribution in [0.3, 0.4) is 0 Å². The standard InChI is InChI=1S/C26H32N4O5/c1-17-7-5-6-8-20(17)25-28-23(35-29-25)16-30-11-9-19(10-12-30)26(31)27-15-18-13-21(32-2)24(34-4)22(14-18)33-3/h5-8,13-14,19H,9-12,15-16H2,1-4H3,(H,27,31). The summed E-state index contributed by atoms with van der Waals surface area (Å²) in [4.78, 5) is 19.6. The summed E-state index contributed by atoms with van der Waals surface area (Å²) < 4.78 is 21.6. The number of amides is 1. The number of carbonyl (C=O) groups excluding carboxylic acids is 1. The minimum Gasteiger partial charge on any atom is -0.493 e. The minimum atomic E-state index is -0.0292. The fourth-order valence-electron chi connectivity index (χ4n) is 4.37. The molecule has 0 spiro atoms. The van der Waals surface area contributed by atoms with E-state index in [0.29, 0.717) is 42.1 Å². The molecule has 3 aromatic rings. The molecule has 9 nitrogen and oxygen atoms in total. The number of likely N-dealkylation sites (tertiary alicyclic amines) is 1. The number of hydrogen-bond acceptors (Lipinski definition) is 8. The lowest BCUT2D eigenvalue weighted by Crippen LogP contribution is -2.40. The Morgan fingerprint density at radius 2 is 1.77 bits per heavy atom. The summed E-state index contributed by atoms with van der Waals surface area (Å²) in [5, 5.41) is 7.19. The van der Waals surface area contributed by atoms with E-state index >= 15 is 0 Å². The van der Waals surface area contributed by atoms with Crippen LogP contribution >= 0.6 is 0 Å². The smallest absolute Gasteiger partial charge is 0.241 e. The first kappa shape index (κ1) is 24.5. The third-order valence-corrected chi connectivity index (χ3v) is 6.36. The van der Waals surface area contributed by atoms with Gasteiger partial charge in [-0.05, 0) is 56.1 Å². The van der Waals surface area contributed by atoms with Crippen LogP contribution in [-0.2, 0) is 17.9 Å². The molecule has 0 aliphatic carbocycles. The van der Waals surface area contributed by atoms with Crippen LogP contribution in [0.25, 0.3) is 11.4 Å². The first-order chi connectivity index (χ1) is 17.0. The van der Waals surface area contributed by atoms with Crippen molar-refractivity contribution >= 4 is 5.91 Å². The van der Waals surface area contributed by atoms with Crippen LogP contribution in [0.4, 0.5) is 0 Å². The van der Waals surface area contributed by atoms with Crippen LogP contribution in [0.5, 0.6) is 17.2 Å². The highest BCUT2D eigenvalue weighted by atomic mass is 16.5. The molecule has 1 saturated heterocycles. The molecule has 0 saturated carbocycles. The SMILES string of the molecule is COc1cc(CNC(=O)C2CCN(Cc3nc(-c4ccccc4C)no3)CC2)cc(OC)c1OC. The highest BCUT2D eigenvalue weighted by Gasteiger charge is 2.26. The summed E-state index contributed by atoms with van der Waals surface area (Å²) in [5.74, 6) is 2.89. The van der Waals surface area contributed by atoms with Gasteiger partial charge in [0, 0.05) is 18.0 Å². The predicted molar refractivity (Wildman–Crippen MR) is 130 cm³/mol. The molecule has 1 aliphatic heterocycles. The van der Waals surface area contributed by atoms with E-state index < -0.39 is 0 Å². The number of aryl methyl sites for hydroxylation is 1. The van der Waals surface area contributed by atoms with Gasteiger partial charge in [-0.2, -0.15) is 4.98 Å². The Hall–Kier alpha value is -3.59. The molecule has 1 amide bonds. The molecule has 1 N–H and O–H groups in total. The fraction of sp³-hybridized carbons (Fsp3) is 0.423. The Bertz CT molecular complexity index is 1130. The summed E-state index contributed by atoms with van der Waals surface area (Å²) >= 11 is 0. The number of rotatable bonds is 9. The Labute approximate surface area is 205 Å². The van der Waals surface area contributed by atoms with Crippen LogP contribution in [0.1, 0.15) is 29.9 Å². The van der Waals surface area contributed by atoms with Gasteiger partial charge < -0.3 is 24.1 Å². The molecule has 0 unspecified atom stereocenters. The van der Waals surface area contributed by atoms with Crippen molar-refractivity contribution in [3.63, 3.8) is 0 Å². The molecule has 0 radical (unpaired) electrons. The van der Waals surface area contributed by atoms with Crippen LogP contribution in [0.15, 0.2) is 40.9 Å². The molecular weight excluding hydrogens is 448 g/mol. The molecule has 2 heterocycles. The highest BCUT2D eigenvalue weighted by molar-refractivity contribution is 5.78. The third kappa shape index (κ3) is 5.74. The number of carbonyl (C=O) groups is 1. The number of piperidine rings is 1. The van der Waals surface area contributed by atoms with Gasteiger partial charge in [0.05, 0.1) is 27.9 Å². The van der Waals surface area contributed by atoms with E-state index in [9.17, 15) is 4.79 Å². The van der Waals surface area contributed by atoms with E-state index in [1.807, 2.05) is 43.3 Å². The molecule has 2 aromatic carbocycles.